The largest absolute Gasteiger partial charge is 0.310 e. The summed E-state index contributed by atoms with van der Waals surface area (Å²) in [6, 6.07) is 9.13. The first-order valence-corrected chi connectivity index (χ1v) is 8.53. The van der Waals surface area contributed by atoms with Gasteiger partial charge < -0.3 is 10.2 Å². The maximum atomic E-state index is 6.37. The minimum absolute atomic E-state index is 0.334. The maximum Gasteiger partial charge on any atom is 0.0453 e. The Labute approximate surface area is 135 Å². The molecule has 0 bridgehead atoms. The number of hydrogen-bond acceptors (Lipinski definition) is 2. The lowest BCUT2D eigenvalue weighted by atomic mass is 10.0. The highest BCUT2D eigenvalue weighted by molar-refractivity contribution is 6.31. The standard InChI is InChI=1S/C18H31ClN2/c1-6-12-20-18(16-9-7-8-10-17(16)19)11-13-21(5)15(4)14(2)3/h7-10,14-15,18,20H,6,11-13H2,1-5H3. The SMILES string of the molecule is CCCNC(CCN(C)C(C)C(C)C)c1ccccc1Cl. The molecule has 0 heterocycles. The Morgan fingerprint density at radius 2 is 1.86 bits per heavy atom. The van der Waals surface area contributed by atoms with Crippen molar-refractivity contribution in [2.24, 2.45) is 5.92 Å². The summed E-state index contributed by atoms with van der Waals surface area (Å²) < 4.78 is 0. The molecule has 1 rings (SSSR count). The van der Waals surface area contributed by atoms with E-state index in [4.69, 9.17) is 11.6 Å². The van der Waals surface area contributed by atoms with E-state index in [1.807, 2.05) is 12.1 Å². The Balaban J connectivity index is 2.69. The fourth-order valence-electron chi connectivity index (χ4n) is 2.49. The summed E-state index contributed by atoms with van der Waals surface area (Å²) in [5, 5.41) is 4.51. The smallest absolute Gasteiger partial charge is 0.0453 e. The van der Waals surface area contributed by atoms with Gasteiger partial charge in [0.1, 0.15) is 0 Å². The first-order valence-electron chi connectivity index (χ1n) is 8.15. The minimum Gasteiger partial charge on any atom is -0.310 e. The quantitative estimate of drug-likeness (QED) is 0.708. The van der Waals surface area contributed by atoms with Gasteiger partial charge in [0.15, 0.2) is 0 Å². The van der Waals surface area contributed by atoms with Crippen LogP contribution in [-0.4, -0.2) is 31.1 Å². The van der Waals surface area contributed by atoms with Crippen LogP contribution in [0.2, 0.25) is 5.02 Å². The zero-order valence-corrected chi connectivity index (χ0v) is 15.0. The molecule has 1 aromatic carbocycles. The monoisotopic (exact) mass is 310 g/mol. The Morgan fingerprint density at radius 3 is 2.43 bits per heavy atom. The van der Waals surface area contributed by atoms with Crippen LogP contribution in [0.15, 0.2) is 24.3 Å². The zero-order chi connectivity index (χ0) is 15.8. The van der Waals surface area contributed by atoms with Crippen LogP contribution < -0.4 is 5.32 Å². The summed E-state index contributed by atoms with van der Waals surface area (Å²) in [6.45, 7) is 11.2. The third-order valence-electron chi connectivity index (χ3n) is 4.35. The van der Waals surface area contributed by atoms with Crippen molar-refractivity contribution in [1.82, 2.24) is 10.2 Å². The summed E-state index contributed by atoms with van der Waals surface area (Å²) in [5.74, 6) is 0.678. The van der Waals surface area contributed by atoms with Crippen LogP contribution in [-0.2, 0) is 0 Å². The molecule has 0 fully saturated rings. The average molecular weight is 311 g/mol. The van der Waals surface area contributed by atoms with E-state index in [-0.39, 0.29) is 0 Å². The van der Waals surface area contributed by atoms with Gasteiger partial charge in [-0.1, -0.05) is 50.6 Å². The van der Waals surface area contributed by atoms with Crippen LogP contribution in [0, 0.1) is 5.92 Å². The molecule has 1 aromatic rings. The Bertz CT molecular complexity index is 406. The van der Waals surface area contributed by atoms with Gasteiger partial charge in [-0.2, -0.15) is 0 Å². The van der Waals surface area contributed by atoms with Crippen LogP contribution >= 0.6 is 11.6 Å². The van der Waals surface area contributed by atoms with Crippen molar-refractivity contribution in [2.75, 3.05) is 20.1 Å². The van der Waals surface area contributed by atoms with Crippen LogP contribution in [0.4, 0.5) is 0 Å². The second-order valence-electron chi connectivity index (χ2n) is 6.28. The van der Waals surface area contributed by atoms with Crippen molar-refractivity contribution in [3.8, 4) is 0 Å². The normalized spacial score (nSPS) is 14.7. The van der Waals surface area contributed by atoms with E-state index < -0.39 is 0 Å². The van der Waals surface area contributed by atoms with Gasteiger partial charge in [-0.25, -0.2) is 0 Å². The van der Waals surface area contributed by atoms with Gasteiger partial charge in [-0.05, 0) is 57.5 Å². The van der Waals surface area contributed by atoms with Gasteiger partial charge in [0.05, 0.1) is 0 Å². The number of nitrogens with zero attached hydrogens (tertiary/aromatic N) is 1. The summed E-state index contributed by atoms with van der Waals surface area (Å²) >= 11 is 6.37. The molecule has 0 amide bonds. The van der Waals surface area contributed by atoms with Gasteiger partial charge >= 0.3 is 0 Å². The molecule has 2 nitrogen and oxygen atoms in total. The van der Waals surface area contributed by atoms with Crippen molar-refractivity contribution in [3.05, 3.63) is 34.9 Å². The highest BCUT2D eigenvalue weighted by Gasteiger charge is 2.17. The Morgan fingerprint density at radius 1 is 1.19 bits per heavy atom. The topological polar surface area (TPSA) is 15.3 Å². The molecule has 21 heavy (non-hydrogen) atoms. The van der Waals surface area contributed by atoms with Gasteiger partial charge in [0.2, 0.25) is 0 Å². The number of nitrogens with one attached hydrogen (secondary N) is 1. The summed E-state index contributed by atoms with van der Waals surface area (Å²) in [6.07, 6.45) is 2.22. The lowest BCUT2D eigenvalue weighted by molar-refractivity contribution is 0.198. The van der Waals surface area contributed by atoms with E-state index in [1.54, 1.807) is 0 Å². The zero-order valence-electron chi connectivity index (χ0n) is 14.2. The summed E-state index contributed by atoms with van der Waals surface area (Å²) in [4.78, 5) is 2.45. The van der Waals surface area contributed by atoms with Crippen molar-refractivity contribution in [2.45, 2.75) is 52.6 Å². The lowest BCUT2D eigenvalue weighted by Gasteiger charge is -2.30. The van der Waals surface area contributed by atoms with E-state index in [0.717, 1.165) is 31.0 Å². The first kappa shape index (κ1) is 18.5. The molecule has 0 saturated carbocycles. The first-order chi connectivity index (χ1) is 9.97. The number of halogens is 1. The molecule has 0 aliphatic carbocycles. The number of rotatable bonds is 9. The third kappa shape index (κ3) is 5.98. The maximum absolute atomic E-state index is 6.37. The molecular formula is C18H31ClN2. The molecule has 2 unspecified atom stereocenters. The van der Waals surface area contributed by atoms with Crippen LogP contribution in [0.1, 0.15) is 52.1 Å². The lowest BCUT2D eigenvalue weighted by Crippen LogP contribution is -2.36. The Kier molecular flexibility index (Phi) is 8.31. The predicted octanol–water partition coefficient (Wildman–Crippen LogP) is 4.75. The van der Waals surface area contributed by atoms with Gasteiger partial charge in [-0.15, -0.1) is 0 Å². The second-order valence-corrected chi connectivity index (χ2v) is 6.69. The molecule has 0 aromatic heterocycles. The molecule has 0 radical (unpaired) electrons. The molecular weight excluding hydrogens is 280 g/mol. The molecule has 0 aliphatic heterocycles. The summed E-state index contributed by atoms with van der Waals surface area (Å²) in [7, 11) is 2.22. The molecule has 0 aliphatic rings. The molecule has 0 spiro atoms. The fraction of sp³-hybridized carbons (Fsp3) is 0.667. The minimum atomic E-state index is 0.334. The van der Waals surface area contributed by atoms with Gasteiger partial charge in [0, 0.05) is 17.1 Å². The Hall–Kier alpha value is -0.570. The number of hydrogen-bond donors (Lipinski definition) is 1. The van der Waals surface area contributed by atoms with E-state index >= 15 is 0 Å². The van der Waals surface area contributed by atoms with Crippen molar-refractivity contribution >= 4 is 11.6 Å². The van der Waals surface area contributed by atoms with E-state index in [0.29, 0.717) is 18.0 Å². The average Bonchev–Trinajstić information content (AvgIpc) is 2.47. The van der Waals surface area contributed by atoms with Crippen molar-refractivity contribution < 1.29 is 0 Å². The predicted molar refractivity (Wildman–Crippen MR) is 94.0 cm³/mol. The van der Waals surface area contributed by atoms with Crippen molar-refractivity contribution in [3.63, 3.8) is 0 Å². The molecule has 1 N–H and O–H groups in total. The van der Waals surface area contributed by atoms with Gasteiger partial charge in [0.25, 0.3) is 0 Å². The highest BCUT2D eigenvalue weighted by atomic mass is 35.5. The fourth-order valence-corrected chi connectivity index (χ4v) is 2.76. The van der Waals surface area contributed by atoms with Crippen molar-refractivity contribution in [1.29, 1.82) is 0 Å². The second kappa shape index (κ2) is 9.45. The summed E-state index contributed by atoms with van der Waals surface area (Å²) in [5.41, 5.74) is 1.22. The highest BCUT2D eigenvalue weighted by Crippen LogP contribution is 2.25. The van der Waals surface area contributed by atoms with Crippen LogP contribution in [0.5, 0.6) is 0 Å². The van der Waals surface area contributed by atoms with E-state index in [2.05, 4.69) is 57.1 Å². The van der Waals surface area contributed by atoms with E-state index in [9.17, 15) is 0 Å². The van der Waals surface area contributed by atoms with Crippen LogP contribution in [0.3, 0.4) is 0 Å². The number of benzene rings is 1. The van der Waals surface area contributed by atoms with E-state index in [1.165, 1.54) is 5.56 Å². The third-order valence-corrected chi connectivity index (χ3v) is 4.70. The van der Waals surface area contributed by atoms with Gasteiger partial charge in [-0.3, -0.25) is 0 Å². The molecule has 120 valence electrons. The van der Waals surface area contributed by atoms with Crippen LogP contribution in [0.25, 0.3) is 0 Å². The molecule has 0 saturated heterocycles. The molecule has 3 heteroatoms. The molecule has 2 atom stereocenters.